The van der Waals surface area contributed by atoms with Crippen molar-refractivity contribution >= 4 is 29.3 Å². The quantitative estimate of drug-likeness (QED) is 0.356. The van der Waals surface area contributed by atoms with Crippen molar-refractivity contribution in [2.45, 2.75) is 128 Å². The summed E-state index contributed by atoms with van der Waals surface area (Å²) in [6.45, 7) is 5.75. The molecule has 2 saturated carbocycles. The molecule has 2 bridgehead atoms. The summed E-state index contributed by atoms with van der Waals surface area (Å²) in [5, 5.41) is 2.97. The van der Waals surface area contributed by atoms with Gasteiger partial charge in [0.15, 0.2) is 5.69 Å². The van der Waals surface area contributed by atoms with E-state index in [1.165, 1.54) is 12.0 Å². The van der Waals surface area contributed by atoms with Crippen LogP contribution in [0.3, 0.4) is 0 Å². The van der Waals surface area contributed by atoms with Gasteiger partial charge in [0, 0.05) is 18.4 Å². The first-order chi connectivity index (χ1) is 22.9. The van der Waals surface area contributed by atoms with E-state index in [2.05, 4.69) is 15.3 Å². The third kappa shape index (κ3) is 6.43. The molecule has 0 unspecified atom stereocenters. The average Bonchev–Trinajstić information content (AvgIpc) is 3.76. The largest absolute Gasteiger partial charge is 0.497 e. The molecule has 48 heavy (non-hydrogen) atoms. The number of hydrogen-bond donors (Lipinski definition) is 1. The zero-order valence-corrected chi connectivity index (χ0v) is 28.4. The van der Waals surface area contributed by atoms with E-state index in [-0.39, 0.29) is 30.3 Å². The summed E-state index contributed by atoms with van der Waals surface area (Å²) in [4.78, 5) is 51.2. The normalized spacial score (nSPS) is 32.3. The molecule has 1 aromatic carbocycles. The Hall–Kier alpha value is -3.57. The summed E-state index contributed by atoms with van der Waals surface area (Å²) < 4.78 is 50.2. The molecular weight excluding hydrogens is 622 g/mol. The van der Waals surface area contributed by atoms with Crippen LogP contribution in [-0.4, -0.2) is 70.6 Å². The molecule has 3 fully saturated rings. The molecule has 2 aliphatic carbocycles. The zero-order valence-electron chi connectivity index (χ0n) is 28.4. The number of nitrogens with zero attached hydrogens (tertiary/aromatic N) is 3. The first-order valence-corrected chi connectivity index (χ1v) is 17.6. The summed E-state index contributed by atoms with van der Waals surface area (Å²) in [5.41, 5.74) is -1.26. The number of halogens is 2. The van der Waals surface area contributed by atoms with Crippen molar-refractivity contribution in [1.82, 2.24) is 20.2 Å². The van der Waals surface area contributed by atoms with E-state index in [0.717, 1.165) is 44.8 Å². The number of nitrogens with one attached hydrogen (secondary N) is 1. The smallest absolute Gasteiger partial charge is 0.408 e. The minimum Gasteiger partial charge on any atom is -0.497 e. The lowest BCUT2D eigenvalue weighted by Gasteiger charge is -2.38. The molecule has 0 spiro atoms. The van der Waals surface area contributed by atoms with Crippen molar-refractivity contribution in [3.05, 3.63) is 23.9 Å². The number of aromatic nitrogens is 2. The topological polar surface area (TPSA) is 120 Å². The lowest BCUT2D eigenvalue weighted by atomic mass is 9.79. The second-order valence-corrected chi connectivity index (χ2v) is 14.8. The molecule has 3 heterocycles. The van der Waals surface area contributed by atoms with Gasteiger partial charge in [-0.15, -0.1) is 0 Å². The number of rotatable bonds is 4. The van der Waals surface area contributed by atoms with E-state index in [1.54, 1.807) is 18.2 Å². The molecule has 2 amide bonds. The number of carbonyl (C=O) groups excluding carboxylic acids is 3. The molecule has 4 aliphatic rings. The molecule has 1 saturated heterocycles. The van der Waals surface area contributed by atoms with Crippen molar-refractivity contribution in [2.24, 2.45) is 17.3 Å². The van der Waals surface area contributed by atoms with Gasteiger partial charge in [-0.1, -0.05) is 33.1 Å². The van der Waals surface area contributed by atoms with Crippen LogP contribution >= 0.6 is 0 Å². The van der Waals surface area contributed by atoms with Crippen LogP contribution in [0.1, 0.15) is 104 Å². The van der Waals surface area contributed by atoms with Crippen LogP contribution in [0.15, 0.2) is 18.2 Å². The van der Waals surface area contributed by atoms with Crippen LogP contribution in [0.4, 0.5) is 13.6 Å². The van der Waals surface area contributed by atoms with Gasteiger partial charge in [-0.25, -0.2) is 14.8 Å². The number of aldehydes is 1. The van der Waals surface area contributed by atoms with Crippen molar-refractivity contribution in [2.75, 3.05) is 13.7 Å². The highest BCUT2D eigenvalue weighted by atomic mass is 19.3. The molecule has 10 nitrogen and oxygen atoms in total. The molecular formula is C36H48F2N4O6. The van der Waals surface area contributed by atoms with Gasteiger partial charge >= 0.3 is 6.09 Å². The van der Waals surface area contributed by atoms with Gasteiger partial charge in [0.1, 0.15) is 29.8 Å². The third-order valence-electron chi connectivity index (χ3n) is 11.7. The number of hydrogen-bond acceptors (Lipinski definition) is 8. The SMILES string of the molecule is CC[C@@H]1[C@@H]2CN(C(=O)[C@H](C3(C)CCCC3)NC(=O)O[C@]3(C)CCC[C@H]3CCCCC(F)(F)c3nc4ccc(OC)cc4nc3O2)[C@@H]1C=O. The van der Waals surface area contributed by atoms with E-state index in [0.29, 0.717) is 36.9 Å². The maximum absolute atomic E-state index is 16.2. The molecule has 12 heteroatoms. The fourth-order valence-electron chi connectivity index (χ4n) is 8.73. The number of amides is 2. The van der Waals surface area contributed by atoms with Crippen LogP contribution in [0.2, 0.25) is 0 Å². The molecule has 1 N–H and O–H groups in total. The molecule has 262 valence electrons. The Kier molecular flexibility index (Phi) is 9.56. The summed E-state index contributed by atoms with van der Waals surface area (Å²) in [6.07, 6.45) is 6.24. The van der Waals surface area contributed by atoms with Gasteiger partial charge in [-0.2, -0.15) is 8.78 Å². The van der Waals surface area contributed by atoms with Crippen LogP contribution in [0.5, 0.6) is 11.6 Å². The van der Waals surface area contributed by atoms with Gasteiger partial charge < -0.3 is 29.2 Å². The molecule has 0 radical (unpaired) electrons. The Morgan fingerprint density at radius 1 is 1.02 bits per heavy atom. The van der Waals surface area contributed by atoms with Gasteiger partial charge in [-0.3, -0.25) is 4.79 Å². The number of methoxy groups -OCH3 is 1. The minimum absolute atomic E-state index is 0.00501. The predicted molar refractivity (Wildman–Crippen MR) is 174 cm³/mol. The predicted octanol–water partition coefficient (Wildman–Crippen LogP) is 6.72. The van der Waals surface area contributed by atoms with Crippen LogP contribution in [0.25, 0.3) is 11.0 Å². The Morgan fingerprint density at radius 3 is 2.46 bits per heavy atom. The fraction of sp³-hybridized carbons (Fsp3) is 0.694. The van der Waals surface area contributed by atoms with Gasteiger partial charge in [0.25, 0.3) is 5.92 Å². The Labute approximate surface area is 280 Å². The van der Waals surface area contributed by atoms with E-state index in [4.69, 9.17) is 14.2 Å². The minimum atomic E-state index is -3.36. The van der Waals surface area contributed by atoms with Gasteiger partial charge in [-0.05, 0) is 81.8 Å². The van der Waals surface area contributed by atoms with Crippen molar-refractivity contribution in [1.29, 1.82) is 0 Å². The number of carbonyl (C=O) groups is 3. The average molecular weight is 671 g/mol. The van der Waals surface area contributed by atoms with E-state index >= 15 is 8.78 Å². The number of alkyl carbamates (subject to hydrolysis) is 1. The van der Waals surface area contributed by atoms with E-state index in [1.807, 2.05) is 20.8 Å². The second-order valence-electron chi connectivity index (χ2n) is 14.8. The Bertz CT molecular complexity index is 1530. The number of ether oxygens (including phenoxy) is 3. The molecule has 6 rings (SSSR count). The first kappa shape index (κ1) is 34.3. The fourth-order valence-corrected chi connectivity index (χ4v) is 8.73. The van der Waals surface area contributed by atoms with Crippen molar-refractivity contribution < 1.29 is 37.4 Å². The number of fused-ring (bicyclic) bond motifs is 5. The first-order valence-electron chi connectivity index (χ1n) is 17.6. The standard InChI is InChI=1S/C36H48F2N4O6/c1-5-24-27(21-43)42-20-28(24)47-31-29(39-25-14-13-23(46-4)19-26(25)40-31)36(37,38)18-7-6-11-22-12-10-17-35(22,3)48-33(45)41-30(32(42)44)34(2)15-8-9-16-34/h13-14,19,21-22,24,27-28,30H,5-12,15-18,20H2,1-4H3,(H,41,45)/t22-,24+,27-,28+,30-,35-/m1/s1. The number of benzene rings is 1. The Morgan fingerprint density at radius 2 is 1.75 bits per heavy atom. The second kappa shape index (κ2) is 13.4. The summed E-state index contributed by atoms with van der Waals surface area (Å²) in [7, 11) is 1.51. The maximum atomic E-state index is 16.2. The van der Waals surface area contributed by atoms with Crippen LogP contribution in [0, 0.1) is 17.3 Å². The van der Waals surface area contributed by atoms with Crippen molar-refractivity contribution in [3.8, 4) is 11.6 Å². The van der Waals surface area contributed by atoms with E-state index in [9.17, 15) is 14.4 Å². The van der Waals surface area contributed by atoms with E-state index < -0.39 is 65.2 Å². The Balaban J connectivity index is 1.43. The molecule has 2 aromatic rings. The lowest BCUT2D eigenvalue weighted by molar-refractivity contribution is -0.140. The highest BCUT2D eigenvalue weighted by Gasteiger charge is 2.52. The van der Waals surface area contributed by atoms with Gasteiger partial charge in [0.05, 0.1) is 30.7 Å². The zero-order chi connectivity index (χ0) is 34.3. The third-order valence-corrected chi connectivity index (χ3v) is 11.7. The summed E-state index contributed by atoms with van der Waals surface area (Å²) in [6, 6.07) is 3.04. The highest BCUT2D eigenvalue weighted by Crippen LogP contribution is 2.46. The molecule has 2 aliphatic heterocycles. The number of alkyl halides is 2. The summed E-state index contributed by atoms with van der Waals surface area (Å²) in [5.74, 6) is -4.07. The highest BCUT2D eigenvalue weighted by molar-refractivity contribution is 5.89. The molecule has 1 aromatic heterocycles. The van der Waals surface area contributed by atoms with Crippen LogP contribution < -0.4 is 14.8 Å². The summed E-state index contributed by atoms with van der Waals surface area (Å²) >= 11 is 0. The monoisotopic (exact) mass is 670 g/mol. The van der Waals surface area contributed by atoms with Crippen molar-refractivity contribution in [3.63, 3.8) is 0 Å². The van der Waals surface area contributed by atoms with Crippen LogP contribution in [-0.2, 0) is 20.2 Å². The maximum Gasteiger partial charge on any atom is 0.408 e. The molecule has 6 atom stereocenters. The van der Waals surface area contributed by atoms with Gasteiger partial charge in [0.2, 0.25) is 11.8 Å². The lowest BCUT2D eigenvalue weighted by Crippen LogP contribution is -2.58.